The van der Waals surface area contributed by atoms with Gasteiger partial charge in [-0.25, -0.2) is 0 Å². The predicted octanol–water partition coefficient (Wildman–Crippen LogP) is 2.81. The Morgan fingerprint density at radius 3 is 2.50 bits per heavy atom. The van der Waals surface area contributed by atoms with Gasteiger partial charge in [-0.1, -0.05) is 18.2 Å². The molecule has 0 aliphatic heterocycles. The zero-order valence-electron chi connectivity index (χ0n) is 8.67. The number of ether oxygens (including phenoxy) is 1. The van der Waals surface area contributed by atoms with E-state index in [0.717, 1.165) is 6.07 Å². The summed E-state index contributed by atoms with van der Waals surface area (Å²) in [6.07, 6.45) is -4.30. The van der Waals surface area contributed by atoms with Gasteiger partial charge in [0.15, 0.2) is 0 Å². The second-order valence-corrected chi connectivity index (χ2v) is 3.24. The Kier molecular flexibility index (Phi) is 3.93. The highest BCUT2D eigenvalue weighted by Crippen LogP contribution is 2.31. The number of alkyl halides is 3. The highest BCUT2D eigenvalue weighted by Gasteiger charge is 2.32. The number of benzene rings is 1. The predicted molar refractivity (Wildman–Crippen MR) is 51.8 cm³/mol. The number of halogens is 3. The third-order valence-electron chi connectivity index (χ3n) is 2.00. The van der Waals surface area contributed by atoms with Crippen molar-refractivity contribution in [3.8, 4) is 0 Å². The molecule has 0 aliphatic rings. The molecule has 1 aromatic carbocycles. The molecule has 16 heavy (non-hydrogen) atoms. The minimum absolute atomic E-state index is 0.0393. The van der Waals surface area contributed by atoms with Crippen molar-refractivity contribution >= 4 is 5.97 Å². The summed E-state index contributed by atoms with van der Waals surface area (Å²) in [5.74, 6) is -0.496. The molecule has 0 atom stereocenters. The second kappa shape index (κ2) is 5.01. The minimum Gasteiger partial charge on any atom is -0.466 e. The summed E-state index contributed by atoms with van der Waals surface area (Å²) in [6.45, 7) is 1.18. The lowest BCUT2D eigenvalue weighted by molar-refractivity contribution is -0.141. The summed E-state index contributed by atoms with van der Waals surface area (Å²) < 4.78 is 42.2. The van der Waals surface area contributed by atoms with Crippen LogP contribution in [0.25, 0.3) is 0 Å². The zero-order valence-corrected chi connectivity index (χ0v) is 8.67. The normalized spacial score (nSPS) is 11.2. The van der Waals surface area contributed by atoms with Crippen LogP contribution in [0.4, 0.5) is 13.2 Å². The third kappa shape index (κ3) is 3.56. The van der Waals surface area contributed by atoms with Crippen molar-refractivity contribution in [2.24, 2.45) is 0 Å². The fraction of sp³-hybridized carbons (Fsp3) is 0.364. The fourth-order valence-corrected chi connectivity index (χ4v) is 1.32. The molecule has 0 fully saturated rings. The second-order valence-electron chi connectivity index (χ2n) is 3.24. The number of carbonyl (C=O) groups is 1. The molecule has 0 saturated heterocycles. The van der Waals surface area contributed by atoms with E-state index in [1.165, 1.54) is 25.1 Å². The molecule has 0 aromatic heterocycles. The van der Waals surface area contributed by atoms with Gasteiger partial charge in [-0.3, -0.25) is 4.79 Å². The molecule has 0 bridgehead atoms. The lowest BCUT2D eigenvalue weighted by atomic mass is 10.0. The molecule has 1 rings (SSSR count). The van der Waals surface area contributed by atoms with Crippen LogP contribution >= 0.6 is 0 Å². The SMILES string of the molecule is CC(=O)OCCc1ccccc1C(F)(F)F. The maximum atomic E-state index is 12.5. The van der Waals surface area contributed by atoms with E-state index in [1.54, 1.807) is 0 Å². The first kappa shape index (κ1) is 12.5. The van der Waals surface area contributed by atoms with Crippen molar-refractivity contribution in [3.05, 3.63) is 35.4 Å². The molecule has 0 amide bonds. The van der Waals surface area contributed by atoms with Gasteiger partial charge in [-0.15, -0.1) is 0 Å². The summed E-state index contributed by atoms with van der Waals surface area (Å²) in [5, 5.41) is 0. The highest BCUT2D eigenvalue weighted by molar-refractivity contribution is 5.65. The largest absolute Gasteiger partial charge is 0.466 e. The van der Waals surface area contributed by atoms with Gasteiger partial charge in [-0.05, 0) is 11.6 Å². The van der Waals surface area contributed by atoms with Gasteiger partial charge >= 0.3 is 12.1 Å². The molecule has 0 N–H and O–H groups in total. The average Bonchev–Trinajstić information content (AvgIpc) is 2.16. The number of rotatable bonds is 3. The molecule has 0 unspecified atom stereocenters. The Morgan fingerprint density at radius 2 is 1.94 bits per heavy atom. The monoisotopic (exact) mass is 232 g/mol. The maximum Gasteiger partial charge on any atom is 0.416 e. The number of esters is 1. The Balaban J connectivity index is 2.76. The average molecular weight is 232 g/mol. The summed E-state index contributed by atoms with van der Waals surface area (Å²) >= 11 is 0. The first-order valence-corrected chi connectivity index (χ1v) is 4.69. The summed E-state index contributed by atoms with van der Waals surface area (Å²) in [4.78, 5) is 10.5. The Bertz CT molecular complexity index is 372. The van der Waals surface area contributed by atoms with E-state index in [2.05, 4.69) is 4.74 Å². The molecular weight excluding hydrogens is 221 g/mol. The van der Waals surface area contributed by atoms with Crippen molar-refractivity contribution in [1.29, 1.82) is 0 Å². The number of carbonyl (C=O) groups excluding carboxylic acids is 1. The van der Waals surface area contributed by atoms with Crippen molar-refractivity contribution in [1.82, 2.24) is 0 Å². The van der Waals surface area contributed by atoms with E-state index in [-0.39, 0.29) is 18.6 Å². The van der Waals surface area contributed by atoms with Crippen LogP contribution in [0.2, 0.25) is 0 Å². The van der Waals surface area contributed by atoms with E-state index in [4.69, 9.17) is 0 Å². The Morgan fingerprint density at radius 1 is 1.31 bits per heavy atom. The van der Waals surface area contributed by atoms with Crippen LogP contribution in [0.1, 0.15) is 18.1 Å². The molecule has 5 heteroatoms. The van der Waals surface area contributed by atoms with Crippen LogP contribution < -0.4 is 0 Å². The lowest BCUT2D eigenvalue weighted by Crippen LogP contribution is -2.11. The molecule has 1 aromatic rings. The maximum absolute atomic E-state index is 12.5. The minimum atomic E-state index is -4.37. The van der Waals surface area contributed by atoms with Gasteiger partial charge in [0.2, 0.25) is 0 Å². The van der Waals surface area contributed by atoms with E-state index in [9.17, 15) is 18.0 Å². The van der Waals surface area contributed by atoms with Crippen LogP contribution in [0.15, 0.2) is 24.3 Å². The summed E-state index contributed by atoms with van der Waals surface area (Å²) in [5.41, 5.74) is -0.543. The van der Waals surface area contributed by atoms with Gasteiger partial charge in [0, 0.05) is 13.3 Å². The van der Waals surface area contributed by atoms with Gasteiger partial charge < -0.3 is 4.74 Å². The molecule has 0 radical (unpaired) electrons. The van der Waals surface area contributed by atoms with Crippen LogP contribution in [0.5, 0.6) is 0 Å². The first-order valence-electron chi connectivity index (χ1n) is 4.69. The topological polar surface area (TPSA) is 26.3 Å². The van der Waals surface area contributed by atoms with Crippen LogP contribution in [-0.2, 0) is 22.1 Å². The van der Waals surface area contributed by atoms with Gasteiger partial charge in [0.25, 0.3) is 0 Å². The molecule has 0 spiro atoms. The van der Waals surface area contributed by atoms with Crippen molar-refractivity contribution in [3.63, 3.8) is 0 Å². The fourth-order valence-electron chi connectivity index (χ4n) is 1.32. The number of hydrogen-bond acceptors (Lipinski definition) is 2. The molecule has 2 nitrogen and oxygen atoms in total. The smallest absolute Gasteiger partial charge is 0.416 e. The molecule has 88 valence electrons. The number of hydrogen-bond donors (Lipinski definition) is 0. The quantitative estimate of drug-likeness (QED) is 0.749. The summed E-state index contributed by atoms with van der Waals surface area (Å²) in [7, 11) is 0. The van der Waals surface area contributed by atoms with E-state index in [0.29, 0.717) is 0 Å². The lowest BCUT2D eigenvalue weighted by Gasteiger charge is -2.12. The van der Waals surface area contributed by atoms with E-state index >= 15 is 0 Å². The third-order valence-corrected chi connectivity index (χ3v) is 2.00. The first-order chi connectivity index (χ1) is 7.41. The van der Waals surface area contributed by atoms with Crippen LogP contribution in [0, 0.1) is 0 Å². The van der Waals surface area contributed by atoms with Gasteiger partial charge in [0.1, 0.15) is 0 Å². The molecule has 0 saturated carbocycles. The Labute approximate surface area is 91.0 Å². The van der Waals surface area contributed by atoms with Gasteiger partial charge in [0.05, 0.1) is 12.2 Å². The van der Waals surface area contributed by atoms with E-state index in [1.807, 2.05) is 0 Å². The van der Waals surface area contributed by atoms with Gasteiger partial charge in [-0.2, -0.15) is 13.2 Å². The van der Waals surface area contributed by atoms with Crippen molar-refractivity contribution in [2.75, 3.05) is 6.61 Å². The summed E-state index contributed by atoms with van der Waals surface area (Å²) in [6, 6.07) is 5.26. The standard InChI is InChI=1S/C11H11F3O2/c1-8(15)16-7-6-9-4-2-3-5-10(9)11(12,13)14/h2-5H,6-7H2,1H3. The van der Waals surface area contributed by atoms with Crippen LogP contribution in [-0.4, -0.2) is 12.6 Å². The van der Waals surface area contributed by atoms with Crippen LogP contribution in [0.3, 0.4) is 0 Å². The molecule has 0 aliphatic carbocycles. The Hall–Kier alpha value is -1.52. The van der Waals surface area contributed by atoms with Crippen molar-refractivity contribution < 1.29 is 22.7 Å². The molecule has 0 heterocycles. The highest BCUT2D eigenvalue weighted by atomic mass is 19.4. The molecular formula is C11H11F3O2. The van der Waals surface area contributed by atoms with E-state index < -0.39 is 17.7 Å². The zero-order chi connectivity index (χ0) is 12.2. The van der Waals surface area contributed by atoms with Crippen molar-refractivity contribution in [2.45, 2.75) is 19.5 Å².